The normalized spacial score (nSPS) is 14.2. The minimum Gasteiger partial charge on any atom is -0.437 e. The molecule has 0 unspecified atom stereocenters. The molecular formula is C14H15ClN4O. The molecule has 1 aromatic carbocycles. The molecule has 1 aromatic heterocycles. The van der Waals surface area contributed by atoms with Crippen LogP contribution in [-0.2, 0) is 0 Å². The standard InChI is InChI=1S/C14H15ClN4O/c1-8-2-5-10(15)11(6-8)20-13-7-12(19-16)17-14(18-13)9-3-4-9/h2,5-7,9H,3-4,16H2,1H3,(H,17,18,19). The smallest absolute Gasteiger partial charge is 0.224 e. The monoisotopic (exact) mass is 290 g/mol. The summed E-state index contributed by atoms with van der Waals surface area (Å²) in [5.41, 5.74) is 3.61. The predicted molar refractivity (Wildman–Crippen MR) is 78.1 cm³/mol. The van der Waals surface area contributed by atoms with Gasteiger partial charge in [-0.15, -0.1) is 0 Å². The van der Waals surface area contributed by atoms with Crippen molar-refractivity contribution in [2.24, 2.45) is 5.84 Å². The molecule has 3 N–H and O–H groups in total. The van der Waals surface area contributed by atoms with Gasteiger partial charge in [0.25, 0.3) is 0 Å². The van der Waals surface area contributed by atoms with E-state index in [0.29, 0.717) is 28.4 Å². The molecule has 0 bridgehead atoms. The molecule has 1 saturated carbocycles. The number of hydrazine groups is 1. The first-order valence-electron chi connectivity index (χ1n) is 6.45. The molecule has 0 aliphatic heterocycles. The summed E-state index contributed by atoms with van der Waals surface area (Å²) >= 11 is 6.13. The van der Waals surface area contributed by atoms with Crippen molar-refractivity contribution < 1.29 is 4.74 Å². The van der Waals surface area contributed by atoms with E-state index in [1.807, 2.05) is 19.1 Å². The Labute approximate surface area is 122 Å². The molecule has 0 amide bonds. The zero-order chi connectivity index (χ0) is 14.1. The third-order valence-electron chi connectivity index (χ3n) is 3.11. The molecule has 5 nitrogen and oxygen atoms in total. The van der Waals surface area contributed by atoms with E-state index >= 15 is 0 Å². The van der Waals surface area contributed by atoms with E-state index < -0.39 is 0 Å². The Morgan fingerprint density at radius 3 is 2.80 bits per heavy atom. The zero-order valence-electron chi connectivity index (χ0n) is 11.1. The van der Waals surface area contributed by atoms with Crippen molar-refractivity contribution in [3.05, 3.63) is 40.7 Å². The Morgan fingerprint density at radius 1 is 1.30 bits per heavy atom. The molecule has 2 aromatic rings. The Morgan fingerprint density at radius 2 is 2.10 bits per heavy atom. The van der Waals surface area contributed by atoms with Crippen LogP contribution in [0.15, 0.2) is 24.3 Å². The maximum Gasteiger partial charge on any atom is 0.224 e. The van der Waals surface area contributed by atoms with E-state index in [1.165, 1.54) is 0 Å². The van der Waals surface area contributed by atoms with Crippen LogP contribution in [0, 0.1) is 6.92 Å². The van der Waals surface area contributed by atoms with Gasteiger partial charge in [0.2, 0.25) is 5.88 Å². The van der Waals surface area contributed by atoms with Gasteiger partial charge in [-0.05, 0) is 37.5 Å². The number of benzene rings is 1. The van der Waals surface area contributed by atoms with E-state index in [0.717, 1.165) is 24.2 Å². The number of hydrogen-bond donors (Lipinski definition) is 2. The average Bonchev–Trinajstić information content (AvgIpc) is 3.27. The summed E-state index contributed by atoms with van der Waals surface area (Å²) in [7, 11) is 0. The minimum atomic E-state index is 0.415. The average molecular weight is 291 g/mol. The number of aromatic nitrogens is 2. The van der Waals surface area contributed by atoms with Crippen molar-refractivity contribution in [3.8, 4) is 11.6 Å². The van der Waals surface area contributed by atoms with E-state index in [-0.39, 0.29) is 0 Å². The van der Waals surface area contributed by atoms with Gasteiger partial charge in [0.15, 0.2) is 0 Å². The lowest BCUT2D eigenvalue weighted by molar-refractivity contribution is 0.459. The summed E-state index contributed by atoms with van der Waals surface area (Å²) in [5.74, 6) is 8.18. The van der Waals surface area contributed by atoms with Gasteiger partial charge in [0.05, 0.1) is 5.02 Å². The van der Waals surface area contributed by atoms with Crippen LogP contribution in [0.4, 0.5) is 5.82 Å². The third-order valence-corrected chi connectivity index (χ3v) is 3.42. The van der Waals surface area contributed by atoms with Crippen molar-refractivity contribution in [1.29, 1.82) is 0 Å². The van der Waals surface area contributed by atoms with Gasteiger partial charge in [-0.25, -0.2) is 10.8 Å². The summed E-state index contributed by atoms with van der Waals surface area (Å²) in [6.45, 7) is 1.98. The second-order valence-electron chi connectivity index (χ2n) is 4.90. The number of aryl methyl sites for hydroxylation is 1. The topological polar surface area (TPSA) is 73.1 Å². The lowest BCUT2D eigenvalue weighted by Gasteiger charge is -2.10. The van der Waals surface area contributed by atoms with Gasteiger partial charge in [0, 0.05) is 12.0 Å². The van der Waals surface area contributed by atoms with Gasteiger partial charge in [-0.2, -0.15) is 4.98 Å². The number of nitrogens with zero attached hydrogens (tertiary/aromatic N) is 2. The van der Waals surface area contributed by atoms with Crippen LogP contribution >= 0.6 is 11.6 Å². The molecule has 0 spiro atoms. The highest BCUT2D eigenvalue weighted by Gasteiger charge is 2.27. The summed E-state index contributed by atoms with van der Waals surface area (Å²) in [6, 6.07) is 7.26. The highest BCUT2D eigenvalue weighted by molar-refractivity contribution is 6.32. The van der Waals surface area contributed by atoms with E-state index in [2.05, 4.69) is 15.4 Å². The number of nitrogens with two attached hydrogens (primary N) is 1. The van der Waals surface area contributed by atoms with Crippen LogP contribution in [-0.4, -0.2) is 9.97 Å². The molecule has 3 rings (SSSR count). The highest BCUT2D eigenvalue weighted by atomic mass is 35.5. The first-order valence-corrected chi connectivity index (χ1v) is 6.83. The maximum atomic E-state index is 6.13. The number of nitrogen functional groups attached to an aromatic ring is 1. The summed E-state index contributed by atoms with van der Waals surface area (Å²) in [6.07, 6.45) is 2.22. The number of anilines is 1. The van der Waals surface area contributed by atoms with Gasteiger partial charge in [0.1, 0.15) is 17.4 Å². The van der Waals surface area contributed by atoms with Crippen LogP contribution in [0.2, 0.25) is 5.02 Å². The van der Waals surface area contributed by atoms with Crippen LogP contribution < -0.4 is 16.0 Å². The number of rotatable bonds is 4. The van der Waals surface area contributed by atoms with Gasteiger partial charge in [-0.1, -0.05) is 17.7 Å². The Bertz CT molecular complexity index is 643. The fourth-order valence-corrected chi connectivity index (χ4v) is 2.05. The van der Waals surface area contributed by atoms with E-state index in [9.17, 15) is 0 Å². The first-order chi connectivity index (χ1) is 9.65. The minimum absolute atomic E-state index is 0.415. The van der Waals surface area contributed by atoms with E-state index in [1.54, 1.807) is 12.1 Å². The molecule has 104 valence electrons. The van der Waals surface area contributed by atoms with Crippen LogP contribution in [0.25, 0.3) is 0 Å². The number of nitrogens with one attached hydrogen (secondary N) is 1. The summed E-state index contributed by atoms with van der Waals surface area (Å²) in [5, 5.41) is 0.546. The van der Waals surface area contributed by atoms with Gasteiger partial charge in [-0.3, -0.25) is 0 Å². The fourth-order valence-electron chi connectivity index (χ4n) is 1.89. The van der Waals surface area contributed by atoms with Crippen LogP contribution in [0.3, 0.4) is 0 Å². The number of halogens is 1. The Balaban J connectivity index is 1.93. The summed E-state index contributed by atoms with van der Waals surface area (Å²) in [4.78, 5) is 8.76. The van der Waals surface area contributed by atoms with Gasteiger partial charge >= 0.3 is 0 Å². The molecule has 0 radical (unpaired) electrons. The molecule has 1 aliphatic rings. The predicted octanol–water partition coefficient (Wildman–Crippen LogP) is 3.39. The van der Waals surface area contributed by atoms with Crippen molar-refractivity contribution in [2.75, 3.05) is 5.43 Å². The molecule has 0 atom stereocenters. The van der Waals surface area contributed by atoms with Crippen molar-refractivity contribution in [1.82, 2.24) is 9.97 Å². The zero-order valence-corrected chi connectivity index (χ0v) is 11.8. The Kier molecular flexibility index (Phi) is 3.46. The maximum absolute atomic E-state index is 6.13. The fraction of sp³-hybridized carbons (Fsp3) is 0.286. The van der Waals surface area contributed by atoms with Crippen molar-refractivity contribution >= 4 is 17.4 Å². The highest BCUT2D eigenvalue weighted by Crippen LogP contribution is 2.39. The quantitative estimate of drug-likeness (QED) is 0.667. The van der Waals surface area contributed by atoms with Crippen LogP contribution in [0.1, 0.15) is 30.1 Å². The van der Waals surface area contributed by atoms with Gasteiger partial charge < -0.3 is 10.2 Å². The molecule has 1 heterocycles. The van der Waals surface area contributed by atoms with E-state index in [4.69, 9.17) is 22.2 Å². The molecule has 6 heteroatoms. The van der Waals surface area contributed by atoms with Crippen molar-refractivity contribution in [2.45, 2.75) is 25.7 Å². The molecule has 1 fully saturated rings. The molecular weight excluding hydrogens is 276 g/mol. The van der Waals surface area contributed by atoms with Crippen molar-refractivity contribution in [3.63, 3.8) is 0 Å². The first kappa shape index (κ1) is 13.1. The third kappa shape index (κ3) is 2.84. The summed E-state index contributed by atoms with van der Waals surface area (Å²) < 4.78 is 5.77. The second-order valence-corrected chi connectivity index (χ2v) is 5.31. The Hall–Kier alpha value is -1.85. The second kappa shape index (κ2) is 5.26. The lowest BCUT2D eigenvalue weighted by atomic mass is 10.2. The molecule has 20 heavy (non-hydrogen) atoms. The SMILES string of the molecule is Cc1ccc(Cl)c(Oc2cc(NN)nc(C3CC3)n2)c1. The molecule has 0 saturated heterocycles. The lowest BCUT2D eigenvalue weighted by Crippen LogP contribution is -2.10. The number of hydrogen-bond acceptors (Lipinski definition) is 5. The molecule has 1 aliphatic carbocycles. The number of ether oxygens (including phenoxy) is 1. The largest absolute Gasteiger partial charge is 0.437 e. The van der Waals surface area contributed by atoms with Crippen LogP contribution in [0.5, 0.6) is 11.6 Å².